The highest BCUT2D eigenvalue weighted by Crippen LogP contribution is 2.31. The van der Waals surface area contributed by atoms with Crippen molar-refractivity contribution in [2.24, 2.45) is 0 Å². The maximum absolute atomic E-state index is 12.9. The molecule has 22 heavy (non-hydrogen) atoms. The minimum absolute atomic E-state index is 0.00557. The van der Waals surface area contributed by atoms with E-state index < -0.39 is 11.9 Å². The third kappa shape index (κ3) is 3.84. The molecule has 2 aromatic heterocycles. The van der Waals surface area contributed by atoms with Gasteiger partial charge in [0.15, 0.2) is 5.69 Å². The second kappa shape index (κ2) is 5.78. The molecule has 0 amide bonds. The zero-order valence-electron chi connectivity index (χ0n) is 11.6. The summed E-state index contributed by atoms with van der Waals surface area (Å²) in [6, 6.07) is 4.68. The molecule has 1 saturated carbocycles. The lowest BCUT2D eigenvalue weighted by Gasteiger charge is -2.12. The summed E-state index contributed by atoms with van der Waals surface area (Å²) in [5.74, 6) is 0.139. The smallest absolute Gasteiger partial charge is 0.366 e. The van der Waals surface area contributed by atoms with Gasteiger partial charge >= 0.3 is 6.18 Å². The Labute approximate surface area is 125 Å². The average molecular weight is 309 g/mol. The highest BCUT2D eigenvalue weighted by Gasteiger charge is 2.34. The molecule has 0 radical (unpaired) electrons. The van der Waals surface area contributed by atoms with E-state index in [9.17, 15) is 13.2 Å². The molecule has 2 N–H and O–H groups in total. The third-order valence-corrected chi connectivity index (χ3v) is 3.12. The quantitative estimate of drug-likeness (QED) is 0.888. The summed E-state index contributed by atoms with van der Waals surface area (Å²) >= 11 is 0. The first kappa shape index (κ1) is 14.6. The number of pyridine rings is 1. The van der Waals surface area contributed by atoms with Crippen LogP contribution in [0.2, 0.25) is 0 Å². The van der Waals surface area contributed by atoms with Crippen molar-refractivity contribution >= 4 is 11.8 Å². The number of alkyl halides is 3. The van der Waals surface area contributed by atoms with E-state index in [-0.39, 0.29) is 17.8 Å². The molecular weight excluding hydrogens is 295 g/mol. The molecule has 0 aromatic carbocycles. The Morgan fingerprint density at radius 3 is 2.68 bits per heavy atom. The van der Waals surface area contributed by atoms with Crippen molar-refractivity contribution in [1.82, 2.24) is 15.0 Å². The Bertz CT molecular complexity index is 641. The van der Waals surface area contributed by atoms with E-state index in [0.717, 1.165) is 24.5 Å². The minimum Gasteiger partial charge on any atom is -0.366 e. The highest BCUT2D eigenvalue weighted by atomic mass is 19.4. The van der Waals surface area contributed by atoms with Crippen LogP contribution in [-0.4, -0.2) is 21.0 Å². The first-order valence-electron chi connectivity index (χ1n) is 6.86. The van der Waals surface area contributed by atoms with Crippen molar-refractivity contribution < 1.29 is 13.2 Å². The molecule has 116 valence electrons. The molecule has 5 nitrogen and oxygen atoms in total. The SMILES string of the molecule is FC(F)(F)c1cc(NCc2cccnc2)nc(NC2CC2)n1. The Morgan fingerprint density at radius 1 is 1.23 bits per heavy atom. The molecule has 0 unspecified atom stereocenters. The van der Waals surface area contributed by atoms with Gasteiger partial charge in [0, 0.05) is 31.0 Å². The van der Waals surface area contributed by atoms with Crippen molar-refractivity contribution in [2.75, 3.05) is 10.6 Å². The lowest BCUT2D eigenvalue weighted by Crippen LogP contribution is -2.15. The van der Waals surface area contributed by atoms with E-state index in [1.54, 1.807) is 18.5 Å². The second-order valence-corrected chi connectivity index (χ2v) is 5.09. The highest BCUT2D eigenvalue weighted by molar-refractivity contribution is 5.44. The van der Waals surface area contributed by atoms with Gasteiger partial charge in [0.25, 0.3) is 0 Å². The van der Waals surface area contributed by atoms with Gasteiger partial charge in [-0.3, -0.25) is 4.98 Å². The molecular formula is C14H14F3N5. The fraction of sp³-hybridized carbons (Fsp3) is 0.357. The monoisotopic (exact) mass is 309 g/mol. The summed E-state index contributed by atoms with van der Waals surface area (Å²) in [5.41, 5.74) is -0.106. The van der Waals surface area contributed by atoms with E-state index in [4.69, 9.17) is 0 Å². The number of anilines is 2. The van der Waals surface area contributed by atoms with Crippen LogP contribution >= 0.6 is 0 Å². The van der Waals surface area contributed by atoms with Crippen molar-refractivity contribution in [3.05, 3.63) is 41.9 Å². The third-order valence-electron chi connectivity index (χ3n) is 3.12. The number of halogens is 3. The van der Waals surface area contributed by atoms with Crippen LogP contribution in [-0.2, 0) is 12.7 Å². The lowest BCUT2D eigenvalue weighted by atomic mass is 10.3. The number of nitrogens with zero attached hydrogens (tertiary/aromatic N) is 3. The Balaban J connectivity index is 1.79. The fourth-order valence-electron chi connectivity index (χ4n) is 1.85. The molecule has 2 heterocycles. The maximum Gasteiger partial charge on any atom is 0.433 e. The Hall–Kier alpha value is -2.38. The van der Waals surface area contributed by atoms with Crippen molar-refractivity contribution in [3.63, 3.8) is 0 Å². The molecule has 0 spiro atoms. The number of rotatable bonds is 5. The zero-order valence-corrected chi connectivity index (χ0v) is 11.6. The minimum atomic E-state index is -4.51. The number of nitrogens with one attached hydrogen (secondary N) is 2. The van der Waals surface area contributed by atoms with Crippen molar-refractivity contribution in [3.8, 4) is 0 Å². The standard InChI is InChI=1S/C14H14F3N5/c15-14(16,17)11-6-12(19-8-9-2-1-5-18-7-9)22-13(21-11)20-10-3-4-10/h1-2,5-7,10H,3-4,8H2,(H2,19,20,21,22). The van der Waals surface area contributed by atoms with Crippen LogP contribution in [0.3, 0.4) is 0 Å². The van der Waals surface area contributed by atoms with Gasteiger partial charge in [-0.25, -0.2) is 4.98 Å². The maximum atomic E-state index is 12.9. The van der Waals surface area contributed by atoms with E-state index in [1.165, 1.54) is 0 Å². The largest absolute Gasteiger partial charge is 0.433 e. The summed E-state index contributed by atoms with van der Waals surface area (Å²) in [5, 5.41) is 5.77. The Morgan fingerprint density at radius 2 is 2.05 bits per heavy atom. The van der Waals surface area contributed by atoms with E-state index in [0.29, 0.717) is 6.54 Å². The Kier molecular flexibility index (Phi) is 3.82. The number of hydrogen-bond donors (Lipinski definition) is 2. The predicted octanol–water partition coefficient (Wildman–Crippen LogP) is 3.08. The van der Waals surface area contributed by atoms with Gasteiger partial charge in [-0.1, -0.05) is 6.07 Å². The summed E-state index contributed by atoms with van der Waals surface area (Å²) < 4.78 is 38.7. The van der Waals surface area contributed by atoms with Crippen LogP contribution in [0.1, 0.15) is 24.1 Å². The molecule has 1 aliphatic rings. The van der Waals surface area contributed by atoms with E-state index in [2.05, 4.69) is 25.6 Å². The fourth-order valence-corrected chi connectivity index (χ4v) is 1.85. The van der Waals surface area contributed by atoms with Crippen LogP contribution in [0.15, 0.2) is 30.6 Å². The van der Waals surface area contributed by atoms with Crippen LogP contribution in [0.4, 0.5) is 24.9 Å². The van der Waals surface area contributed by atoms with Crippen LogP contribution < -0.4 is 10.6 Å². The van der Waals surface area contributed by atoms with E-state index >= 15 is 0 Å². The molecule has 1 aliphatic carbocycles. The number of hydrogen-bond acceptors (Lipinski definition) is 5. The second-order valence-electron chi connectivity index (χ2n) is 5.09. The van der Waals surface area contributed by atoms with Gasteiger partial charge < -0.3 is 10.6 Å². The van der Waals surface area contributed by atoms with Crippen molar-refractivity contribution in [1.29, 1.82) is 0 Å². The summed E-state index contributed by atoms with van der Waals surface area (Å²) in [6.45, 7) is 0.338. The van der Waals surface area contributed by atoms with Gasteiger partial charge in [0.1, 0.15) is 5.82 Å². The lowest BCUT2D eigenvalue weighted by molar-refractivity contribution is -0.141. The molecule has 0 atom stereocenters. The van der Waals surface area contributed by atoms with Gasteiger partial charge in [-0.15, -0.1) is 0 Å². The zero-order chi connectivity index (χ0) is 15.6. The van der Waals surface area contributed by atoms with Gasteiger partial charge in [-0.05, 0) is 24.5 Å². The van der Waals surface area contributed by atoms with Crippen LogP contribution in [0.5, 0.6) is 0 Å². The molecule has 8 heteroatoms. The molecule has 0 bridgehead atoms. The van der Waals surface area contributed by atoms with Crippen LogP contribution in [0, 0.1) is 0 Å². The van der Waals surface area contributed by atoms with E-state index in [1.807, 2.05) is 6.07 Å². The predicted molar refractivity (Wildman–Crippen MR) is 75.2 cm³/mol. The molecule has 0 aliphatic heterocycles. The topological polar surface area (TPSA) is 62.7 Å². The van der Waals surface area contributed by atoms with Gasteiger partial charge in [0.2, 0.25) is 5.95 Å². The summed E-state index contributed by atoms with van der Waals surface area (Å²) in [6.07, 6.45) is 0.625. The molecule has 3 rings (SSSR count). The molecule has 1 fully saturated rings. The van der Waals surface area contributed by atoms with Gasteiger partial charge in [-0.2, -0.15) is 18.2 Å². The first-order chi connectivity index (χ1) is 10.5. The summed E-state index contributed by atoms with van der Waals surface area (Å²) in [7, 11) is 0. The first-order valence-corrected chi connectivity index (χ1v) is 6.86. The molecule has 0 saturated heterocycles. The number of aromatic nitrogens is 3. The van der Waals surface area contributed by atoms with Crippen molar-refractivity contribution in [2.45, 2.75) is 31.6 Å². The normalized spacial score (nSPS) is 14.7. The van der Waals surface area contributed by atoms with Gasteiger partial charge in [0.05, 0.1) is 0 Å². The summed E-state index contributed by atoms with van der Waals surface area (Å²) in [4.78, 5) is 11.6. The average Bonchev–Trinajstić information content (AvgIpc) is 3.29. The molecule has 2 aromatic rings. The van der Waals surface area contributed by atoms with Crippen LogP contribution in [0.25, 0.3) is 0 Å².